The van der Waals surface area contributed by atoms with Crippen molar-refractivity contribution in [1.29, 1.82) is 0 Å². The van der Waals surface area contributed by atoms with E-state index in [9.17, 15) is 13.2 Å². The Bertz CT molecular complexity index is 874. The minimum atomic E-state index is -3.47. The van der Waals surface area contributed by atoms with Gasteiger partial charge in [0.2, 0.25) is 15.9 Å². The topological polar surface area (TPSA) is 75.7 Å². The Balaban J connectivity index is 1.84. The average Bonchev–Trinajstić information content (AvgIpc) is 2.71. The molecule has 6 nitrogen and oxygen atoms in total. The first-order valence-electron chi connectivity index (χ1n) is 9.21. The summed E-state index contributed by atoms with van der Waals surface area (Å²) in [6, 6.07) is 15.8. The molecule has 2 rings (SSSR count). The van der Waals surface area contributed by atoms with E-state index in [-0.39, 0.29) is 10.8 Å². The van der Waals surface area contributed by atoms with Gasteiger partial charge in [-0.15, -0.1) is 0 Å². The number of carbonyl (C=O) groups excluding carboxylic acids is 1. The molecule has 0 radical (unpaired) electrons. The van der Waals surface area contributed by atoms with Crippen LogP contribution in [0.5, 0.6) is 5.75 Å². The molecule has 0 saturated heterocycles. The summed E-state index contributed by atoms with van der Waals surface area (Å²) in [5.41, 5.74) is 0.745. The maximum Gasteiger partial charge on any atom is 0.244 e. The Morgan fingerprint density at radius 1 is 1.04 bits per heavy atom. The highest BCUT2D eigenvalue weighted by Crippen LogP contribution is 2.16. The molecule has 0 aliphatic rings. The second kappa shape index (κ2) is 10.6. The fraction of sp³-hybridized carbons (Fsp3) is 0.286. The summed E-state index contributed by atoms with van der Waals surface area (Å²) >= 11 is 0. The van der Waals surface area contributed by atoms with E-state index in [0.29, 0.717) is 26.2 Å². The van der Waals surface area contributed by atoms with Crippen LogP contribution in [0.4, 0.5) is 0 Å². The molecule has 150 valence electrons. The molecule has 0 atom stereocenters. The number of sulfonamides is 1. The Kier molecular flexibility index (Phi) is 8.22. The lowest BCUT2D eigenvalue weighted by molar-refractivity contribution is -0.116. The normalized spacial score (nSPS) is 11.7. The van der Waals surface area contributed by atoms with Gasteiger partial charge in [0, 0.05) is 19.2 Å². The molecule has 2 aromatic rings. The van der Waals surface area contributed by atoms with Gasteiger partial charge in [-0.2, -0.15) is 4.31 Å². The lowest BCUT2D eigenvalue weighted by Crippen LogP contribution is -2.30. The van der Waals surface area contributed by atoms with Crippen LogP contribution in [0.25, 0.3) is 6.08 Å². The Labute approximate surface area is 166 Å². The number of benzene rings is 2. The van der Waals surface area contributed by atoms with Crippen molar-refractivity contribution in [1.82, 2.24) is 9.62 Å². The summed E-state index contributed by atoms with van der Waals surface area (Å²) in [6.07, 6.45) is 3.05. The molecule has 1 amide bonds. The lowest BCUT2D eigenvalue weighted by Gasteiger charge is -2.18. The Morgan fingerprint density at radius 2 is 1.68 bits per heavy atom. The average molecular weight is 403 g/mol. The van der Waals surface area contributed by atoms with Crippen LogP contribution in [0.3, 0.4) is 0 Å². The third kappa shape index (κ3) is 6.21. The van der Waals surface area contributed by atoms with Crippen LogP contribution in [0.2, 0.25) is 0 Å². The molecule has 7 heteroatoms. The maximum absolute atomic E-state index is 12.5. The van der Waals surface area contributed by atoms with Crippen molar-refractivity contribution >= 4 is 22.0 Å². The predicted octanol–water partition coefficient (Wildman–Crippen LogP) is 2.93. The van der Waals surface area contributed by atoms with Crippen LogP contribution < -0.4 is 10.1 Å². The van der Waals surface area contributed by atoms with Crippen molar-refractivity contribution in [2.45, 2.75) is 18.7 Å². The first-order chi connectivity index (χ1) is 13.5. The molecule has 0 unspecified atom stereocenters. The standard InChI is InChI=1S/C21H26N2O4S/c1-3-23(4-2)28(25,26)20-13-10-18(11-14-20)12-15-21(24)22-16-17-27-19-8-6-5-7-9-19/h5-15H,3-4,16-17H2,1-2H3,(H,22,24)/b15-12+. The fourth-order valence-electron chi connectivity index (χ4n) is 2.55. The van der Waals surface area contributed by atoms with Gasteiger partial charge in [0.25, 0.3) is 0 Å². The fourth-order valence-corrected chi connectivity index (χ4v) is 4.01. The van der Waals surface area contributed by atoms with Crippen LogP contribution in [0.15, 0.2) is 65.6 Å². The van der Waals surface area contributed by atoms with Crippen LogP contribution in [0.1, 0.15) is 19.4 Å². The van der Waals surface area contributed by atoms with Crippen LogP contribution in [0, 0.1) is 0 Å². The van der Waals surface area contributed by atoms with E-state index < -0.39 is 10.0 Å². The lowest BCUT2D eigenvalue weighted by atomic mass is 10.2. The molecule has 0 fully saturated rings. The molecular weight excluding hydrogens is 376 g/mol. The Hall–Kier alpha value is -2.64. The molecule has 0 saturated carbocycles. The highest BCUT2D eigenvalue weighted by atomic mass is 32.2. The number of hydrogen-bond acceptors (Lipinski definition) is 4. The number of para-hydroxylation sites is 1. The van der Waals surface area contributed by atoms with Gasteiger partial charge in [0.05, 0.1) is 11.4 Å². The second-order valence-corrected chi connectivity index (χ2v) is 7.88. The van der Waals surface area contributed by atoms with Crippen molar-refractivity contribution in [3.05, 3.63) is 66.2 Å². The third-order valence-corrected chi connectivity index (χ3v) is 6.13. The molecule has 0 spiro atoms. The van der Waals surface area contributed by atoms with Gasteiger partial charge >= 0.3 is 0 Å². The zero-order valence-corrected chi connectivity index (χ0v) is 17.0. The molecule has 0 aliphatic carbocycles. The number of carbonyl (C=O) groups is 1. The highest BCUT2D eigenvalue weighted by molar-refractivity contribution is 7.89. The zero-order valence-electron chi connectivity index (χ0n) is 16.2. The van der Waals surface area contributed by atoms with E-state index in [1.54, 1.807) is 30.3 Å². The van der Waals surface area contributed by atoms with Gasteiger partial charge in [0.1, 0.15) is 12.4 Å². The van der Waals surface area contributed by atoms with Crippen molar-refractivity contribution < 1.29 is 17.9 Å². The second-order valence-electron chi connectivity index (χ2n) is 5.94. The van der Waals surface area contributed by atoms with Crippen molar-refractivity contribution in [2.75, 3.05) is 26.2 Å². The SMILES string of the molecule is CCN(CC)S(=O)(=O)c1ccc(/C=C/C(=O)NCCOc2ccccc2)cc1. The largest absolute Gasteiger partial charge is 0.492 e. The number of rotatable bonds is 10. The quantitative estimate of drug-likeness (QED) is 0.490. The van der Waals surface area contributed by atoms with Crippen molar-refractivity contribution in [2.24, 2.45) is 0 Å². The summed E-state index contributed by atoms with van der Waals surface area (Å²) in [7, 11) is -3.47. The van der Waals surface area contributed by atoms with E-state index in [1.165, 1.54) is 10.4 Å². The molecule has 28 heavy (non-hydrogen) atoms. The molecule has 1 N–H and O–H groups in total. The molecule has 0 heterocycles. The van der Waals surface area contributed by atoms with Gasteiger partial charge in [-0.05, 0) is 35.9 Å². The molecular formula is C21H26N2O4S. The molecule has 0 aromatic heterocycles. The molecule has 0 bridgehead atoms. The predicted molar refractivity (Wildman–Crippen MR) is 111 cm³/mol. The number of hydrogen-bond donors (Lipinski definition) is 1. The number of amides is 1. The maximum atomic E-state index is 12.5. The van der Waals surface area contributed by atoms with Crippen molar-refractivity contribution in [3.63, 3.8) is 0 Å². The monoisotopic (exact) mass is 402 g/mol. The van der Waals surface area contributed by atoms with E-state index in [0.717, 1.165) is 11.3 Å². The number of ether oxygens (including phenoxy) is 1. The molecule has 2 aromatic carbocycles. The summed E-state index contributed by atoms with van der Waals surface area (Å²) < 4.78 is 31.8. The first-order valence-corrected chi connectivity index (χ1v) is 10.6. The van der Waals surface area contributed by atoms with Gasteiger partial charge in [-0.3, -0.25) is 4.79 Å². The minimum Gasteiger partial charge on any atom is -0.492 e. The minimum absolute atomic E-state index is 0.239. The van der Waals surface area contributed by atoms with E-state index >= 15 is 0 Å². The number of nitrogens with one attached hydrogen (secondary N) is 1. The summed E-state index contributed by atoms with van der Waals surface area (Å²) in [5, 5.41) is 2.74. The smallest absolute Gasteiger partial charge is 0.244 e. The highest BCUT2D eigenvalue weighted by Gasteiger charge is 2.20. The molecule has 0 aliphatic heterocycles. The van der Waals surface area contributed by atoms with Gasteiger partial charge < -0.3 is 10.1 Å². The van der Waals surface area contributed by atoms with Crippen LogP contribution >= 0.6 is 0 Å². The van der Waals surface area contributed by atoms with E-state index in [4.69, 9.17) is 4.74 Å². The summed E-state index contributed by atoms with van der Waals surface area (Å²) in [4.78, 5) is 12.1. The Morgan fingerprint density at radius 3 is 2.29 bits per heavy atom. The first kappa shape index (κ1) is 21.7. The summed E-state index contributed by atoms with van der Waals surface area (Å²) in [5.74, 6) is 0.517. The van der Waals surface area contributed by atoms with E-state index in [2.05, 4.69) is 5.32 Å². The third-order valence-electron chi connectivity index (χ3n) is 4.06. The number of nitrogens with zero attached hydrogens (tertiary/aromatic N) is 1. The van der Waals surface area contributed by atoms with Gasteiger partial charge in [-0.1, -0.05) is 44.2 Å². The van der Waals surface area contributed by atoms with Gasteiger partial charge in [0.15, 0.2) is 0 Å². The van der Waals surface area contributed by atoms with E-state index in [1.807, 2.05) is 44.2 Å². The zero-order chi connectivity index (χ0) is 20.4. The van der Waals surface area contributed by atoms with Crippen LogP contribution in [-0.4, -0.2) is 44.9 Å². The van der Waals surface area contributed by atoms with Crippen LogP contribution in [-0.2, 0) is 14.8 Å². The summed E-state index contributed by atoms with van der Waals surface area (Å²) in [6.45, 7) is 5.23. The van der Waals surface area contributed by atoms with Gasteiger partial charge in [-0.25, -0.2) is 8.42 Å². The van der Waals surface area contributed by atoms with Crippen molar-refractivity contribution in [3.8, 4) is 5.75 Å².